The number of rotatable bonds is 4. The third kappa shape index (κ3) is 3.90. The molecule has 0 aromatic heterocycles. The highest BCUT2D eigenvalue weighted by molar-refractivity contribution is 7.89. The van der Waals surface area contributed by atoms with E-state index in [2.05, 4.69) is 0 Å². The minimum Gasteiger partial charge on any atom is -0.213 e. The predicted molar refractivity (Wildman–Crippen MR) is 85.5 cm³/mol. The molecule has 130 valence electrons. The van der Waals surface area contributed by atoms with Crippen molar-refractivity contribution in [1.29, 1.82) is 0 Å². The lowest BCUT2D eigenvalue weighted by Gasteiger charge is -2.35. The van der Waals surface area contributed by atoms with E-state index in [0.29, 0.717) is 18.4 Å². The van der Waals surface area contributed by atoms with E-state index < -0.39 is 25.9 Å². The van der Waals surface area contributed by atoms with Crippen LogP contribution in [0.4, 0.5) is 4.39 Å². The second kappa shape index (κ2) is 6.46. The molecule has 23 heavy (non-hydrogen) atoms. The Morgan fingerprint density at radius 2 is 1.74 bits per heavy atom. The molecule has 1 saturated heterocycles. The largest absolute Gasteiger partial charge is 0.243 e. The average molecular weight is 364 g/mol. The number of hydrogen-bond acceptors (Lipinski definition) is 4. The van der Waals surface area contributed by atoms with Crippen LogP contribution >= 0.6 is 0 Å². The summed E-state index contributed by atoms with van der Waals surface area (Å²) >= 11 is 0. The minimum atomic E-state index is -3.77. The number of halogens is 1. The lowest BCUT2D eigenvalue weighted by molar-refractivity contribution is 0.239. The van der Waals surface area contributed by atoms with Gasteiger partial charge in [-0.15, -0.1) is 0 Å². The van der Waals surface area contributed by atoms with Crippen LogP contribution in [-0.4, -0.2) is 57.9 Å². The van der Waals surface area contributed by atoms with Gasteiger partial charge in [0.1, 0.15) is 5.82 Å². The maximum atomic E-state index is 13.4. The molecule has 1 aliphatic heterocycles. The molecule has 0 radical (unpaired) electrons. The first-order chi connectivity index (χ1) is 10.5. The molecule has 1 aliphatic rings. The molecular formula is C14H21FN2O4S2. The Morgan fingerprint density at radius 1 is 1.17 bits per heavy atom. The maximum Gasteiger partial charge on any atom is 0.243 e. The quantitative estimate of drug-likeness (QED) is 0.804. The van der Waals surface area contributed by atoms with E-state index in [1.165, 1.54) is 27.8 Å². The molecule has 1 aromatic carbocycles. The standard InChI is InChI=1S/C14H21FN2O4S2/c1-11-4-5-12(15)10-14(11)23(20,21)17-8-6-13(7-9-17)16(2)22(3,18)19/h4-5,10,13H,6-9H2,1-3H3. The van der Waals surface area contributed by atoms with Crippen LogP contribution in [0.25, 0.3) is 0 Å². The van der Waals surface area contributed by atoms with Gasteiger partial charge in [-0.3, -0.25) is 0 Å². The first kappa shape index (κ1) is 18.3. The number of piperidine rings is 1. The summed E-state index contributed by atoms with van der Waals surface area (Å²) in [6, 6.07) is 3.47. The van der Waals surface area contributed by atoms with Gasteiger partial charge in [0.2, 0.25) is 20.0 Å². The van der Waals surface area contributed by atoms with Crippen LogP contribution in [0, 0.1) is 12.7 Å². The van der Waals surface area contributed by atoms with E-state index >= 15 is 0 Å². The number of hydrogen-bond donors (Lipinski definition) is 0. The Labute approximate surface area is 137 Å². The van der Waals surface area contributed by atoms with Gasteiger partial charge in [0, 0.05) is 26.2 Å². The zero-order valence-electron chi connectivity index (χ0n) is 13.4. The summed E-state index contributed by atoms with van der Waals surface area (Å²) in [5, 5.41) is 0. The van der Waals surface area contributed by atoms with Crippen molar-refractivity contribution in [2.45, 2.75) is 30.7 Å². The van der Waals surface area contributed by atoms with Gasteiger partial charge < -0.3 is 0 Å². The molecule has 6 nitrogen and oxygen atoms in total. The minimum absolute atomic E-state index is 0.0348. The van der Waals surface area contributed by atoms with E-state index in [4.69, 9.17) is 0 Å². The first-order valence-electron chi connectivity index (χ1n) is 7.23. The van der Waals surface area contributed by atoms with Gasteiger partial charge in [0.15, 0.2) is 0 Å². The van der Waals surface area contributed by atoms with Gasteiger partial charge in [-0.05, 0) is 37.5 Å². The number of sulfonamides is 2. The van der Waals surface area contributed by atoms with E-state index in [-0.39, 0.29) is 24.0 Å². The predicted octanol–water partition coefficient (Wildman–Crippen LogP) is 1.18. The number of nitrogens with zero attached hydrogens (tertiary/aromatic N) is 2. The Balaban J connectivity index is 2.17. The van der Waals surface area contributed by atoms with E-state index in [0.717, 1.165) is 12.3 Å². The van der Waals surface area contributed by atoms with Crippen molar-refractivity contribution in [1.82, 2.24) is 8.61 Å². The van der Waals surface area contributed by atoms with Crippen LogP contribution in [0.3, 0.4) is 0 Å². The van der Waals surface area contributed by atoms with E-state index in [1.807, 2.05) is 0 Å². The Morgan fingerprint density at radius 3 is 2.26 bits per heavy atom. The topological polar surface area (TPSA) is 74.8 Å². The van der Waals surface area contributed by atoms with Crippen LogP contribution in [-0.2, 0) is 20.0 Å². The van der Waals surface area contributed by atoms with Crippen molar-refractivity contribution in [3.8, 4) is 0 Å². The highest BCUT2D eigenvalue weighted by Gasteiger charge is 2.33. The van der Waals surface area contributed by atoms with E-state index in [9.17, 15) is 21.2 Å². The number of aryl methyl sites for hydroxylation is 1. The highest BCUT2D eigenvalue weighted by atomic mass is 32.2. The fourth-order valence-electron chi connectivity index (χ4n) is 2.71. The molecule has 0 amide bonds. The first-order valence-corrected chi connectivity index (χ1v) is 10.5. The van der Waals surface area contributed by atoms with Crippen molar-refractivity contribution in [2.24, 2.45) is 0 Å². The molecule has 1 heterocycles. The van der Waals surface area contributed by atoms with Crippen molar-refractivity contribution in [3.63, 3.8) is 0 Å². The van der Waals surface area contributed by atoms with Gasteiger partial charge in [-0.1, -0.05) is 6.07 Å². The summed E-state index contributed by atoms with van der Waals surface area (Å²) in [7, 11) is -5.58. The summed E-state index contributed by atoms with van der Waals surface area (Å²) in [5.41, 5.74) is 0.488. The van der Waals surface area contributed by atoms with Crippen LogP contribution in [0.5, 0.6) is 0 Å². The second-order valence-corrected chi connectivity index (χ2v) is 9.77. The van der Waals surface area contributed by atoms with Gasteiger partial charge in [-0.25, -0.2) is 25.5 Å². The third-order valence-electron chi connectivity index (χ3n) is 4.23. The fraction of sp³-hybridized carbons (Fsp3) is 0.571. The second-order valence-electron chi connectivity index (χ2n) is 5.82. The monoisotopic (exact) mass is 364 g/mol. The summed E-state index contributed by atoms with van der Waals surface area (Å²) in [6.07, 6.45) is 1.96. The molecule has 1 aromatic rings. The van der Waals surface area contributed by atoms with Gasteiger partial charge in [-0.2, -0.15) is 4.31 Å². The fourth-order valence-corrected chi connectivity index (χ4v) is 5.17. The maximum absolute atomic E-state index is 13.4. The Hall–Kier alpha value is -1.03. The van der Waals surface area contributed by atoms with Crippen molar-refractivity contribution in [3.05, 3.63) is 29.6 Å². The molecule has 2 rings (SSSR count). The average Bonchev–Trinajstić information content (AvgIpc) is 2.48. The lowest BCUT2D eigenvalue weighted by Crippen LogP contribution is -2.47. The van der Waals surface area contributed by atoms with Gasteiger partial charge >= 0.3 is 0 Å². The SMILES string of the molecule is Cc1ccc(F)cc1S(=O)(=O)N1CCC(N(C)S(C)(=O)=O)CC1. The van der Waals surface area contributed by atoms with Gasteiger partial charge in [0.25, 0.3) is 0 Å². The zero-order chi connectivity index (χ0) is 17.4. The summed E-state index contributed by atoms with van der Waals surface area (Å²) < 4.78 is 64.4. The Bertz CT molecular complexity index is 785. The van der Waals surface area contributed by atoms with E-state index in [1.54, 1.807) is 6.92 Å². The van der Waals surface area contributed by atoms with Crippen LogP contribution in [0.1, 0.15) is 18.4 Å². The molecule has 0 spiro atoms. The van der Waals surface area contributed by atoms with Crippen LogP contribution in [0.2, 0.25) is 0 Å². The van der Waals surface area contributed by atoms with Crippen LogP contribution < -0.4 is 0 Å². The summed E-state index contributed by atoms with van der Waals surface area (Å²) in [5.74, 6) is -0.596. The van der Waals surface area contributed by atoms with Crippen molar-refractivity contribution >= 4 is 20.0 Å². The molecule has 0 N–H and O–H groups in total. The molecule has 0 atom stereocenters. The molecule has 0 bridgehead atoms. The third-order valence-corrected chi connectivity index (χ3v) is 7.61. The summed E-state index contributed by atoms with van der Waals surface area (Å²) in [4.78, 5) is -0.0348. The van der Waals surface area contributed by atoms with Crippen LogP contribution in [0.15, 0.2) is 23.1 Å². The highest BCUT2D eigenvalue weighted by Crippen LogP contribution is 2.26. The molecule has 0 unspecified atom stereocenters. The number of benzene rings is 1. The smallest absolute Gasteiger partial charge is 0.213 e. The zero-order valence-corrected chi connectivity index (χ0v) is 15.0. The molecule has 1 fully saturated rings. The van der Waals surface area contributed by atoms with Crippen molar-refractivity contribution < 1.29 is 21.2 Å². The molecule has 9 heteroatoms. The van der Waals surface area contributed by atoms with Gasteiger partial charge in [0.05, 0.1) is 11.2 Å². The van der Waals surface area contributed by atoms with Crippen molar-refractivity contribution in [2.75, 3.05) is 26.4 Å². The molecular weight excluding hydrogens is 343 g/mol. The summed E-state index contributed by atoms with van der Waals surface area (Å²) in [6.45, 7) is 2.04. The lowest BCUT2D eigenvalue weighted by atomic mass is 10.1. The molecule has 0 saturated carbocycles. The molecule has 0 aliphatic carbocycles. The Kier molecular flexibility index (Phi) is 5.15. The normalized spacial score (nSPS) is 18.5.